The number of hydrogen-bond donors (Lipinski definition) is 1. The number of aliphatic carboxylic acids is 1. The summed E-state index contributed by atoms with van der Waals surface area (Å²) in [4.78, 5) is 10.7. The van der Waals surface area contributed by atoms with Gasteiger partial charge in [0, 0.05) is 17.4 Å². The van der Waals surface area contributed by atoms with E-state index in [-0.39, 0.29) is 6.61 Å². The van der Waals surface area contributed by atoms with E-state index in [1.165, 1.54) is 5.56 Å². The van der Waals surface area contributed by atoms with Crippen LogP contribution in [0.1, 0.15) is 11.3 Å². The number of benzene rings is 4. The average molecular weight is 434 g/mol. The molecule has 162 valence electrons. The van der Waals surface area contributed by atoms with Gasteiger partial charge in [0.25, 0.3) is 0 Å². The summed E-state index contributed by atoms with van der Waals surface area (Å²) in [5, 5.41) is 9.86. The molecule has 0 aliphatic rings. The summed E-state index contributed by atoms with van der Waals surface area (Å²) in [5.41, 5.74) is 6.43. The fraction of sp³-hybridized carbons (Fsp3) is 0.0690. The molecule has 0 aliphatic heterocycles. The van der Waals surface area contributed by atoms with Gasteiger partial charge in [0.15, 0.2) is 6.61 Å². The predicted octanol–water partition coefficient (Wildman–Crippen LogP) is 6.82. The minimum Gasteiger partial charge on any atom is -0.482 e. The van der Waals surface area contributed by atoms with Crippen LogP contribution in [-0.2, 0) is 11.2 Å². The van der Waals surface area contributed by atoms with Crippen LogP contribution in [0.15, 0.2) is 108 Å². The van der Waals surface area contributed by atoms with Gasteiger partial charge in [-0.1, -0.05) is 84.9 Å². The smallest absolute Gasteiger partial charge is 0.341 e. The van der Waals surface area contributed by atoms with Crippen LogP contribution in [0.2, 0.25) is 0 Å². The first-order valence-corrected chi connectivity index (χ1v) is 10.8. The van der Waals surface area contributed by atoms with Crippen LogP contribution in [0, 0.1) is 0 Å². The molecule has 33 heavy (non-hydrogen) atoms. The van der Waals surface area contributed by atoms with Crippen molar-refractivity contribution in [2.75, 3.05) is 6.61 Å². The molecule has 0 aliphatic carbocycles. The van der Waals surface area contributed by atoms with Gasteiger partial charge < -0.3 is 14.3 Å². The Labute approximate surface area is 191 Å². The molecule has 1 aromatic heterocycles. The molecule has 4 nitrogen and oxygen atoms in total. The second-order valence-electron chi connectivity index (χ2n) is 7.84. The Morgan fingerprint density at radius 1 is 0.727 bits per heavy atom. The van der Waals surface area contributed by atoms with Gasteiger partial charge in [-0.05, 0) is 40.5 Å². The zero-order valence-electron chi connectivity index (χ0n) is 17.9. The van der Waals surface area contributed by atoms with E-state index in [9.17, 15) is 4.79 Å². The van der Waals surface area contributed by atoms with Crippen LogP contribution in [0.25, 0.3) is 33.2 Å². The topological polar surface area (TPSA) is 59.7 Å². The number of hydrogen-bond acceptors (Lipinski definition) is 3. The lowest BCUT2D eigenvalue weighted by molar-refractivity contribution is -0.139. The van der Waals surface area contributed by atoms with Gasteiger partial charge in [-0.2, -0.15) is 0 Å². The zero-order chi connectivity index (χ0) is 22.6. The van der Waals surface area contributed by atoms with Gasteiger partial charge in [-0.15, -0.1) is 0 Å². The number of carboxylic acid groups (broad SMARTS) is 1. The first-order chi connectivity index (χ1) is 16.2. The molecule has 0 atom stereocenters. The Morgan fingerprint density at radius 3 is 2.03 bits per heavy atom. The third-order valence-electron chi connectivity index (χ3n) is 5.60. The van der Waals surface area contributed by atoms with Crippen molar-refractivity contribution in [2.24, 2.45) is 0 Å². The number of carboxylic acids is 1. The molecule has 4 heteroatoms. The van der Waals surface area contributed by atoms with Crippen molar-refractivity contribution in [3.05, 3.63) is 114 Å². The quantitative estimate of drug-likeness (QED) is 0.305. The highest BCUT2D eigenvalue weighted by molar-refractivity contribution is 5.96. The summed E-state index contributed by atoms with van der Waals surface area (Å²) in [6.45, 7) is -0.349. The lowest BCUT2D eigenvalue weighted by atomic mass is 9.96. The number of furan rings is 1. The molecule has 5 rings (SSSR count). The van der Waals surface area contributed by atoms with Crippen LogP contribution in [-0.4, -0.2) is 17.7 Å². The molecular formula is C29H22O4. The highest BCUT2D eigenvalue weighted by Gasteiger charge is 2.16. The molecule has 0 fully saturated rings. The third kappa shape index (κ3) is 4.51. The van der Waals surface area contributed by atoms with Crippen molar-refractivity contribution >= 4 is 16.9 Å². The fourth-order valence-electron chi connectivity index (χ4n) is 4.04. The first kappa shape index (κ1) is 20.6. The molecule has 0 spiro atoms. The summed E-state index contributed by atoms with van der Waals surface area (Å²) in [6.07, 6.45) is 0.727. The van der Waals surface area contributed by atoms with Gasteiger partial charge in [0.1, 0.15) is 17.1 Å². The number of ether oxygens (including phenoxy) is 1. The van der Waals surface area contributed by atoms with Crippen LogP contribution >= 0.6 is 0 Å². The van der Waals surface area contributed by atoms with Gasteiger partial charge in [0.2, 0.25) is 0 Å². The summed E-state index contributed by atoms with van der Waals surface area (Å²) >= 11 is 0. The fourth-order valence-corrected chi connectivity index (χ4v) is 4.04. The minimum atomic E-state index is -0.993. The lowest BCUT2D eigenvalue weighted by Crippen LogP contribution is -2.09. The van der Waals surface area contributed by atoms with Crippen molar-refractivity contribution in [3.8, 4) is 28.0 Å². The zero-order valence-corrected chi connectivity index (χ0v) is 17.9. The number of carbonyl (C=O) groups is 1. The lowest BCUT2D eigenvalue weighted by Gasteiger charge is -2.08. The summed E-state index contributed by atoms with van der Waals surface area (Å²) < 4.78 is 11.5. The van der Waals surface area contributed by atoms with Crippen molar-refractivity contribution < 1.29 is 19.1 Å². The molecule has 0 radical (unpaired) electrons. The second kappa shape index (κ2) is 9.05. The molecule has 4 aromatic carbocycles. The van der Waals surface area contributed by atoms with Crippen molar-refractivity contribution in [3.63, 3.8) is 0 Å². The van der Waals surface area contributed by atoms with Gasteiger partial charge >= 0.3 is 5.97 Å². The molecule has 5 aromatic rings. The van der Waals surface area contributed by atoms with Crippen molar-refractivity contribution in [2.45, 2.75) is 6.42 Å². The maximum Gasteiger partial charge on any atom is 0.341 e. The van der Waals surface area contributed by atoms with Gasteiger partial charge in [-0.25, -0.2) is 4.79 Å². The standard InChI is InChI=1S/C29H22O4/c30-28(31)19-32-24-16-14-22(15-17-24)21-10-12-23(13-11-21)29-25-8-4-5-9-26(25)33-27(29)18-20-6-2-1-3-7-20/h1-17H,18-19H2,(H,30,31). The SMILES string of the molecule is O=C(O)COc1ccc(-c2ccc(-c3c(Cc4ccccc4)oc4ccccc34)cc2)cc1. The Bertz CT molecular complexity index is 1380. The first-order valence-electron chi connectivity index (χ1n) is 10.8. The number of fused-ring (bicyclic) bond motifs is 1. The van der Waals surface area contributed by atoms with Crippen molar-refractivity contribution in [1.82, 2.24) is 0 Å². The maximum atomic E-state index is 10.7. The van der Waals surface area contributed by atoms with E-state index in [0.29, 0.717) is 5.75 Å². The third-order valence-corrected chi connectivity index (χ3v) is 5.60. The van der Waals surface area contributed by atoms with Crippen molar-refractivity contribution in [1.29, 1.82) is 0 Å². The Hall–Kier alpha value is -4.31. The highest BCUT2D eigenvalue weighted by Crippen LogP contribution is 2.37. The molecule has 0 saturated heterocycles. The summed E-state index contributed by atoms with van der Waals surface area (Å²) in [5.74, 6) is 0.497. The largest absolute Gasteiger partial charge is 0.482 e. The van der Waals surface area contributed by atoms with Crippen LogP contribution in [0.3, 0.4) is 0 Å². The van der Waals surface area contributed by atoms with E-state index >= 15 is 0 Å². The average Bonchev–Trinajstić information content (AvgIpc) is 3.21. The molecule has 0 saturated carbocycles. The number of rotatable bonds is 7. The predicted molar refractivity (Wildman–Crippen MR) is 129 cm³/mol. The van der Waals surface area contributed by atoms with E-state index in [1.807, 2.05) is 48.5 Å². The van der Waals surface area contributed by atoms with E-state index in [4.69, 9.17) is 14.3 Å². The molecule has 1 N–H and O–H groups in total. The molecule has 1 heterocycles. The van der Waals surface area contributed by atoms with E-state index in [1.54, 1.807) is 12.1 Å². The Kier molecular flexibility index (Phi) is 5.64. The monoisotopic (exact) mass is 434 g/mol. The van der Waals surface area contributed by atoms with E-state index < -0.39 is 5.97 Å². The van der Waals surface area contributed by atoms with Gasteiger partial charge in [-0.3, -0.25) is 0 Å². The van der Waals surface area contributed by atoms with E-state index in [2.05, 4.69) is 42.5 Å². The maximum absolute atomic E-state index is 10.7. The van der Waals surface area contributed by atoms with Crippen LogP contribution < -0.4 is 4.74 Å². The second-order valence-corrected chi connectivity index (χ2v) is 7.84. The van der Waals surface area contributed by atoms with Crippen LogP contribution in [0.4, 0.5) is 0 Å². The van der Waals surface area contributed by atoms with Gasteiger partial charge in [0.05, 0.1) is 0 Å². The Balaban J connectivity index is 1.46. The highest BCUT2D eigenvalue weighted by atomic mass is 16.5. The number of para-hydroxylation sites is 1. The molecule has 0 bridgehead atoms. The summed E-state index contributed by atoms with van der Waals surface area (Å²) in [6, 6.07) is 34.4. The molecular weight excluding hydrogens is 412 g/mol. The minimum absolute atomic E-state index is 0.349. The van der Waals surface area contributed by atoms with E-state index in [0.717, 1.165) is 45.4 Å². The molecule has 0 unspecified atom stereocenters. The Morgan fingerprint density at radius 2 is 1.33 bits per heavy atom. The summed E-state index contributed by atoms with van der Waals surface area (Å²) in [7, 11) is 0. The molecule has 0 amide bonds. The normalized spacial score (nSPS) is 10.9. The van der Waals surface area contributed by atoms with Crippen LogP contribution in [0.5, 0.6) is 5.75 Å².